The average Bonchev–Trinajstić information content (AvgIpc) is 2.32. The van der Waals surface area contributed by atoms with Gasteiger partial charge in [-0.1, -0.05) is 6.92 Å². The summed E-state index contributed by atoms with van der Waals surface area (Å²) in [7, 11) is 0. The monoisotopic (exact) mass is 240 g/mol. The summed E-state index contributed by atoms with van der Waals surface area (Å²) in [6, 6.07) is 2.52. The summed E-state index contributed by atoms with van der Waals surface area (Å²) >= 11 is 0. The molecule has 0 aromatic heterocycles. The second-order valence-electron chi connectivity index (χ2n) is 3.09. The van der Waals surface area contributed by atoms with Crippen LogP contribution in [0.5, 0.6) is 5.75 Å². The van der Waals surface area contributed by atoms with Gasteiger partial charge in [0.15, 0.2) is 17.4 Å². The zero-order valence-electron chi connectivity index (χ0n) is 8.85. The molecular weight excluding hydrogens is 233 g/mol. The highest BCUT2D eigenvalue weighted by atomic mass is 19.2. The van der Waals surface area contributed by atoms with E-state index in [1.165, 1.54) is 12.1 Å². The molecule has 0 N–H and O–H groups in total. The van der Waals surface area contributed by atoms with Crippen molar-refractivity contribution in [3.63, 3.8) is 0 Å². The molecule has 0 spiro atoms. The Hall–Kier alpha value is -2.21. The molecule has 1 aromatic carbocycles. The highest BCUT2D eigenvalue weighted by Crippen LogP contribution is 2.30. The smallest absolute Gasteiger partial charge is 0.203 e. The van der Waals surface area contributed by atoms with E-state index in [4.69, 9.17) is 15.3 Å². The maximum Gasteiger partial charge on any atom is 0.203 e. The molecule has 0 fully saturated rings. The van der Waals surface area contributed by atoms with Gasteiger partial charge < -0.3 is 4.74 Å². The quantitative estimate of drug-likeness (QED) is 0.763. The van der Waals surface area contributed by atoms with Crippen LogP contribution in [0.25, 0.3) is 0 Å². The Bertz CT molecular complexity index is 529. The molecule has 88 valence electrons. The topological polar surface area (TPSA) is 56.8 Å². The average molecular weight is 240 g/mol. The van der Waals surface area contributed by atoms with Crippen molar-refractivity contribution < 1.29 is 17.9 Å². The van der Waals surface area contributed by atoms with Gasteiger partial charge in [0, 0.05) is 0 Å². The minimum absolute atomic E-state index is 0.0103. The van der Waals surface area contributed by atoms with Gasteiger partial charge in [-0.25, -0.2) is 8.78 Å². The van der Waals surface area contributed by atoms with Crippen molar-refractivity contribution >= 4 is 0 Å². The molecule has 3 nitrogen and oxygen atoms in total. The van der Waals surface area contributed by atoms with Gasteiger partial charge in [0.1, 0.15) is 23.3 Å². The molecule has 0 saturated heterocycles. The molecule has 0 aliphatic heterocycles. The third kappa shape index (κ3) is 2.16. The number of benzene rings is 1. The summed E-state index contributed by atoms with van der Waals surface area (Å²) in [5, 5.41) is 17.1. The van der Waals surface area contributed by atoms with Crippen molar-refractivity contribution in [2.24, 2.45) is 0 Å². The van der Waals surface area contributed by atoms with E-state index in [-0.39, 0.29) is 6.61 Å². The van der Waals surface area contributed by atoms with E-state index in [1.54, 1.807) is 6.92 Å². The molecule has 17 heavy (non-hydrogen) atoms. The Morgan fingerprint density at radius 3 is 2.06 bits per heavy atom. The van der Waals surface area contributed by atoms with Crippen LogP contribution in [0.1, 0.15) is 24.5 Å². The number of halogens is 3. The predicted octanol–water partition coefficient (Wildman–Crippen LogP) is 2.64. The van der Waals surface area contributed by atoms with E-state index in [1.807, 2.05) is 0 Å². The third-order valence-corrected chi connectivity index (χ3v) is 1.95. The van der Waals surface area contributed by atoms with Crippen LogP contribution in [0.15, 0.2) is 0 Å². The second-order valence-corrected chi connectivity index (χ2v) is 3.09. The first-order valence-electron chi connectivity index (χ1n) is 4.71. The maximum absolute atomic E-state index is 13.5. The Morgan fingerprint density at radius 1 is 1.00 bits per heavy atom. The Kier molecular flexibility index (Phi) is 3.95. The summed E-state index contributed by atoms with van der Waals surface area (Å²) in [5.74, 6) is -5.36. The van der Waals surface area contributed by atoms with Crippen molar-refractivity contribution in [1.29, 1.82) is 10.5 Å². The standard InChI is InChI=1S/C11H7F3N2O/c1-2-3-17-11-7(5-16)8(12)6(4-15)9(13)10(11)14/h2-3H2,1H3. The molecule has 0 heterocycles. The fourth-order valence-corrected chi connectivity index (χ4v) is 1.18. The Labute approximate surface area is 95.7 Å². The van der Waals surface area contributed by atoms with Crippen molar-refractivity contribution in [1.82, 2.24) is 0 Å². The van der Waals surface area contributed by atoms with Gasteiger partial charge in [-0.15, -0.1) is 0 Å². The highest BCUT2D eigenvalue weighted by molar-refractivity contribution is 5.51. The predicted molar refractivity (Wildman–Crippen MR) is 51.5 cm³/mol. The van der Waals surface area contributed by atoms with Crippen LogP contribution < -0.4 is 4.74 Å². The molecule has 0 aliphatic rings. The van der Waals surface area contributed by atoms with Gasteiger partial charge in [-0.2, -0.15) is 14.9 Å². The molecule has 0 unspecified atom stereocenters. The maximum atomic E-state index is 13.5. The number of rotatable bonds is 3. The largest absolute Gasteiger partial charge is 0.489 e. The number of ether oxygens (including phenoxy) is 1. The third-order valence-electron chi connectivity index (χ3n) is 1.95. The van der Waals surface area contributed by atoms with Gasteiger partial charge in [-0.3, -0.25) is 0 Å². The minimum Gasteiger partial charge on any atom is -0.489 e. The second kappa shape index (κ2) is 5.22. The first kappa shape index (κ1) is 12.9. The number of hydrogen-bond donors (Lipinski definition) is 0. The van der Waals surface area contributed by atoms with E-state index in [9.17, 15) is 13.2 Å². The number of hydrogen-bond acceptors (Lipinski definition) is 3. The fourth-order valence-electron chi connectivity index (χ4n) is 1.18. The van der Waals surface area contributed by atoms with Crippen molar-refractivity contribution in [2.45, 2.75) is 13.3 Å². The van der Waals surface area contributed by atoms with Gasteiger partial charge in [-0.05, 0) is 6.42 Å². The van der Waals surface area contributed by atoms with Crippen LogP contribution in [-0.2, 0) is 0 Å². The van der Waals surface area contributed by atoms with E-state index in [0.717, 1.165) is 0 Å². The zero-order valence-corrected chi connectivity index (χ0v) is 8.85. The first-order valence-corrected chi connectivity index (χ1v) is 4.71. The van der Waals surface area contributed by atoms with Crippen molar-refractivity contribution in [2.75, 3.05) is 6.61 Å². The van der Waals surface area contributed by atoms with Crippen LogP contribution >= 0.6 is 0 Å². The molecule has 0 atom stereocenters. The molecule has 0 aliphatic carbocycles. The van der Waals surface area contributed by atoms with E-state index in [0.29, 0.717) is 6.42 Å². The lowest BCUT2D eigenvalue weighted by Crippen LogP contribution is -2.07. The highest BCUT2D eigenvalue weighted by Gasteiger charge is 2.26. The molecule has 0 radical (unpaired) electrons. The number of nitrogens with zero attached hydrogens (tertiary/aromatic N) is 2. The first-order chi connectivity index (χ1) is 8.08. The lowest BCUT2D eigenvalue weighted by atomic mass is 10.1. The van der Waals surface area contributed by atoms with Crippen LogP contribution in [-0.4, -0.2) is 6.61 Å². The fraction of sp³-hybridized carbons (Fsp3) is 0.273. The molecule has 1 rings (SSSR count). The zero-order chi connectivity index (χ0) is 13.0. The van der Waals surface area contributed by atoms with Crippen LogP contribution in [0.3, 0.4) is 0 Å². The van der Waals surface area contributed by atoms with Crippen LogP contribution in [0, 0.1) is 40.1 Å². The van der Waals surface area contributed by atoms with Gasteiger partial charge in [0.05, 0.1) is 6.61 Å². The van der Waals surface area contributed by atoms with Gasteiger partial charge in [0.25, 0.3) is 0 Å². The van der Waals surface area contributed by atoms with Crippen molar-refractivity contribution in [3.05, 3.63) is 28.6 Å². The van der Waals surface area contributed by atoms with Gasteiger partial charge >= 0.3 is 0 Å². The van der Waals surface area contributed by atoms with Crippen LogP contribution in [0.4, 0.5) is 13.2 Å². The Morgan fingerprint density at radius 2 is 1.59 bits per heavy atom. The molecule has 1 aromatic rings. The summed E-state index contributed by atoms with van der Waals surface area (Å²) in [5.41, 5.74) is -1.92. The lowest BCUT2D eigenvalue weighted by molar-refractivity contribution is 0.291. The number of nitriles is 2. The van der Waals surface area contributed by atoms with E-state index in [2.05, 4.69) is 0 Å². The summed E-state index contributed by atoms with van der Waals surface area (Å²) in [6.45, 7) is 1.72. The minimum atomic E-state index is -1.64. The van der Waals surface area contributed by atoms with E-state index >= 15 is 0 Å². The summed E-state index contributed by atoms with van der Waals surface area (Å²) in [6.07, 6.45) is 0.480. The normalized spacial score (nSPS) is 9.53. The Balaban J connectivity index is 3.51. The summed E-state index contributed by atoms with van der Waals surface area (Å²) in [4.78, 5) is 0. The SMILES string of the molecule is CCCOc1c(F)c(F)c(C#N)c(F)c1C#N. The molecular formula is C11H7F3N2O. The van der Waals surface area contributed by atoms with Crippen LogP contribution in [0.2, 0.25) is 0 Å². The molecule has 0 saturated carbocycles. The lowest BCUT2D eigenvalue weighted by Gasteiger charge is -2.10. The van der Waals surface area contributed by atoms with Crippen molar-refractivity contribution in [3.8, 4) is 17.9 Å². The van der Waals surface area contributed by atoms with E-state index < -0.39 is 34.3 Å². The summed E-state index contributed by atoms with van der Waals surface area (Å²) < 4.78 is 44.9. The van der Waals surface area contributed by atoms with Gasteiger partial charge in [0.2, 0.25) is 5.82 Å². The molecule has 0 amide bonds. The molecule has 6 heteroatoms. The molecule has 0 bridgehead atoms.